The Bertz CT molecular complexity index is 1090. The van der Waals surface area contributed by atoms with Gasteiger partial charge in [0.05, 0.1) is 30.4 Å². The van der Waals surface area contributed by atoms with Crippen LogP contribution in [0.4, 0.5) is 27.9 Å². The molecule has 3 aromatic rings. The lowest BCUT2D eigenvalue weighted by atomic mass is 10.00. The normalized spacial score (nSPS) is 11.3. The SMILES string of the molecule is C=Cc1cnn2ccc(C(=C)c3cnc(NCCC(F)(F)F)nc3C)cc12.CNCC(F)F. The predicted molar refractivity (Wildman–Crippen MR) is 119 cm³/mol. The van der Waals surface area contributed by atoms with Gasteiger partial charge in [0.2, 0.25) is 5.95 Å². The second kappa shape index (κ2) is 11.5. The number of hydrogen-bond donors (Lipinski definition) is 2. The van der Waals surface area contributed by atoms with Crippen LogP contribution in [-0.4, -0.2) is 52.3 Å². The predicted octanol–water partition coefficient (Wildman–Crippen LogP) is 4.97. The second-order valence-corrected chi connectivity index (χ2v) is 6.96. The van der Waals surface area contributed by atoms with Crippen LogP contribution in [-0.2, 0) is 0 Å². The van der Waals surface area contributed by atoms with Crippen LogP contribution < -0.4 is 10.6 Å². The average molecular weight is 468 g/mol. The molecular formula is C22H25F5N6. The smallest absolute Gasteiger partial charge is 0.354 e. The summed E-state index contributed by atoms with van der Waals surface area (Å²) in [5, 5.41) is 9.15. The summed E-state index contributed by atoms with van der Waals surface area (Å²) in [5.74, 6) is 0.161. The number of aromatic nitrogens is 4. The lowest BCUT2D eigenvalue weighted by Gasteiger charge is -2.12. The van der Waals surface area contributed by atoms with Gasteiger partial charge in [-0.05, 0) is 37.2 Å². The van der Waals surface area contributed by atoms with Crippen molar-refractivity contribution in [2.24, 2.45) is 0 Å². The number of nitrogens with one attached hydrogen (secondary N) is 2. The Kier molecular flexibility index (Phi) is 9.03. The molecular weight excluding hydrogens is 443 g/mol. The van der Waals surface area contributed by atoms with E-state index in [1.165, 1.54) is 7.05 Å². The minimum Gasteiger partial charge on any atom is -0.354 e. The maximum atomic E-state index is 12.2. The van der Waals surface area contributed by atoms with Gasteiger partial charge in [-0.1, -0.05) is 19.2 Å². The second-order valence-electron chi connectivity index (χ2n) is 6.96. The molecule has 6 nitrogen and oxygen atoms in total. The molecule has 0 unspecified atom stereocenters. The molecule has 0 saturated carbocycles. The monoisotopic (exact) mass is 468 g/mol. The fraction of sp³-hybridized carbons (Fsp3) is 0.318. The van der Waals surface area contributed by atoms with Crippen molar-refractivity contribution in [3.63, 3.8) is 0 Å². The van der Waals surface area contributed by atoms with E-state index in [2.05, 4.69) is 38.9 Å². The zero-order chi connectivity index (χ0) is 24.6. The van der Waals surface area contributed by atoms with Crippen molar-refractivity contribution in [2.45, 2.75) is 25.9 Å². The fourth-order valence-electron chi connectivity index (χ4n) is 2.82. The van der Waals surface area contributed by atoms with Crippen LogP contribution in [0.1, 0.15) is 28.8 Å². The van der Waals surface area contributed by atoms with Crippen molar-refractivity contribution in [3.05, 3.63) is 66.3 Å². The first kappa shape index (κ1) is 25.9. The average Bonchev–Trinajstić information content (AvgIpc) is 3.15. The number of rotatable bonds is 8. The quantitative estimate of drug-likeness (QED) is 0.457. The highest BCUT2D eigenvalue weighted by Crippen LogP contribution is 2.26. The topological polar surface area (TPSA) is 67.1 Å². The Hall–Kier alpha value is -3.34. The maximum Gasteiger partial charge on any atom is 0.390 e. The first-order valence-electron chi connectivity index (χ1n) is 9.92. The van der Waals surface area contributed by atoms with Gasteiger partial charge < -0.3 is 10.6 Å². The van der Waals surface area contributed by atoms with E-state index in [0.717, 1.165) is 22.2 Å². The van der Waals surface area contributed by atoms with Gasteiger partial charge in [0, 0.05) is 30.1 Å². The summed E-state index contributed by atoms with van der Waals surface area (Å²) in [5.41, 5.74) is 4.74. The van der Waals surface area contributed by atoms with E-state index in [1.807, 2.05) is 18.3 Å². The summed E-state index contributed by atoms with van der Waals surface area (Å²) < 4.78 is 60.4. The highest BCUT2D eigenvalue weighted by molar-refractivity contribution is 5.82. The van der Waals surface area contributed by atoms with Crippen molar-refractivity contribution in [1.29, 1.82) is 0 Å². The molecule has 3 rings (SSSR count). The van der Waals surface area contributed by atoms with Gasteiger partial charge in [0.15, 0.2) is 0 Å². The molecule has 0 bridgehead atoms. The van der Waals surface area contributed by atoms with E-state index in [0.29, 0.717) is 11.3 Å². The highest BCUT2D eigenvalue weighted by atomic mass is 19.4. The third-order valence-electron chi connectivity index (χ3n) is 4.47. The Morgan fingerprint density at radius 3 is 2.55 bits per heavy atom. The minimum atomic E-state index is -4.22. The Labute approximate surface area is 188 Å². The van der Waals surface area contributed by atoms with Crippen molar-refractivity contribution < 1.29 is 22.0 Å². The van der Waals surface area contributed by atoms with Crippen LogP contribution >= 0.6 is 0 Å². The lowest BCUT2D eigenvalue weighted by Crippen LogP contribution is -2.16. The number of nitrogens with zero attached hydrogens (tertiary/aromatic N) is 4. The molecule has 2 N–H and O–H groups in total. The zero-order valence-electron chi connectivity index (χ0n) is 18.3. The maximum absolute atomic E-state index is 12.2. The van der Waals surface area contributed by atoms with Crippen LogP contribution in [0.5, 0.6) is 0 Å². The number of aryl methyl sites for hydroxylation is 1. The standard InChI is InChI=1S/C19H18F3N5.C3H7F2N/c1-4-14-10-25-27-8-5-15(9-17(14)27)12(2)16-11-24-18(26-13(16)3)23-7-6-19(20,21)22;1-6-2-3(4)5/h4-5,8-11H,1-2,6-7H2,3H3,(H,23,24,26);3,6H,2H2,1H3. The number of alkyl halides is 5. The van der Waals surface area contributed by atoms with Gasteiger partial charge in [-0.2, -0.15) is 18.3 Å². The van der Waals surface area contributed by atoms with E-state index in [4.69, 9.17) is 0 Å². The number of hydrogen-bond acceptors (Lipinski definition) is 5. The third kappa shape index (κ3) is 7.63. The molecule has 0 saturated heterocycles. The van der Waals surface area contributed by atoms with Crippen molar-refractivity contribution in [1.82, 2.24) is 24.9 Å². The molecule has 178 valence electrons. The number of fused-ring (bicyclic) bond motifs is 1. The van der Waals surface area contributed by atoms with E-state index in [9.17, 15) is 22.0 Å². The molecule has 33 heavy (non-hydrogen) atoms. The summed E-state index contributed by atoms with van der Waals surface area (Å²) >= 11 is 0. The summed E-state index contributed by atoms with van der Waals surface area (Å²) in [7, 11) is 1.49. The number of pyridine rings is 1. The number of anilines is 1. The lowest BCUT2D eigenvalue weighted by molar-refractivity contribution is -0.131. The van der Waals surface area contributed by atoms with Gasteiger partial charge in [-0.3, -0.25) is 0 Å². The first-order valence-corrected chi connectivity index (χ1v) is 9.92. The molecule has 0 fully saturated rings. The molecule has 11 heteroatoms. The van der Waals surface area contributed by atoms with Crippen LogP contribution in [0.25, 0.3) is 17.2 Å². The molecule has 0 aliphatic carbocycles. The molecule has 0 amide bonds. The Morgan fingerprint density at radius 2 is 2.00 bits per heavy atom. The van der Waals surface area contributed by atoms with E-state index < -0.39 is 19.0 Å². The van der Waals surface area contributed by atoms with Crippen molar-refractivity contribution in [2.75, 3.05) is 25.5 Å². The van der Waals surface area contributed by atoms with Crippen LogP contribution in [0, 0.1) is 6.92 Å². The van der Waals surface area contributed by atoms with Crippen LogP contribution in [0.3, 0.4) is 0 Å². The molecule has 0 aliphatic heterocycles. The Morgan fingerprint density at radius 1 is 1.27 bits per heavy atom. The Balaban J connectivity index is 0.000000569. The first-order chi connectivity index (χ1) is 15.6. The largest absolute Gasteiger partial charge is 0.390 e. The molecule has 0 aliphatic rings. The third-order valence-corrected chi connectivity index (χ3v) is 4.47. The van der Waals surface area contributed by atoms with Gasteiger partial charge in [0.1, 0.15) is 0 Å². The molecule has 0 spiro atoms. The van der Waals surface area contributed by atoms with E-state index in [1.54, 1.807) is 29.9 Å². The van der Waals surface area contributed by atoms with Crippen molar-refractivity contribution in [3.8, 4) is 0 Å². The molecule has 0 aromatic carbocycles. The highest BCUT2D eigenvalue weighted by Gasteiger charge is 2.26. The van der Waals surface area contributed by atoms with Gasteiger partial charge in [0.25, 0.3) is 6.43 Å². The van der Waals surface area contributed by atoms with Gasteiger partial charge in [-0.15, -0.1) is 0 Å². The number of halogens is 5. The summed E-state index contributed by atoms with van der Waals surface area (Å²) in [4.78, 5) is 8.35. The summed E-state index contributed by atoms with van der Waals surface area (Å²) in [6.45, 7) is 9.19. The van der Waals surface area contributed by atoms with Gasteiger partial charge >= 0.3 is 6.18 Å². The zero-order valence-corrected chi connectivity index (χ0v) is 18.3. The molecule has 3 aromatic heterocycles. The summed E-state index contributed by atoms with van der Waals surface area (Å²) in [6.07, 6.45) is -0.528. The summed E-state index contributed by atoms with van der Waals surface area (Å²) in [6, 6.07) is 3.82. The minimum absolute atomic E-state index is 0.161. The molecule has 0 atom stereocenters. The van der Waals surface area contributed by atoms with Gasteiger partial charge in [-0.25, -0.2) is 23.3 Å². The van der Waals surface area contributed by atoms with E-state index >= 15 is 0 Å². The fourth-order valence-corrected chi connectivity index (χ4v) is 2.82. The van der Waals surface area contributed by atoms with Crippen LogP contribution in [0.15, 0.2) is 43.9 Å². The molecule has 0 radical (unpaired) electrons. The van der Waals surface area contributed by atoms with Crippen LogP contribution in [0.2, 0.25) is 0 Å². The van der Waals surface area contributed by atoms with E-state index in [-0.39, 0.29) is 19.0 Å². The molecule has 3 heterocycles. The van der Waals surface area contributed by atoms with Crippen molar-refractivity contribution >= 4 is 23.1 Å².